The summed E-state index contributed by atoms with van der Waals surface area (Å²) in [6, 6.07) is 11.0. The molecule has 3 heteroatoms. The van der Waals surface area contributed by atoms with Gasteiger partial charge in [-0.3, -0.25) is 9.69 Å². The SMILES string of the molecule is CCc1c(OC)ccc2cc(C(=O)[C@H]3CCCN(C4CCC4)C3)ccc12. The Labute approximate surface area is 156 Å². The van der Waals surface area contributed by atoms with E-state index in [-0.39, 0.29) is 5.92 Å². The van der Waals surface area contributed by atoms with Crippen LogP contribution in [0.1, 0.15) is 54.9 Å². The van der Waals surface area contributed by atoms with Gasteiger partial charge in [0, 0.05) is 29.6 Å². The summed E-state index contributed by atoms with van der Waals surface area (Å²) in [4.78, 5) is 15.7. The van der Waals surface area contributed by atoms with Crippen molar-refractivity contribution in [2.75, 3.05) is 20.2 Å². The van der Waals surface area contributed by atoms with Crippen molar-refractivity contribution in [2.45, 2.75) is 51.5 Å². The average Bonchev–Trinajstić information content (AvgIpc) is 2.64. The Hall–Kier alpha value is -1.87. The fourth-order valence-electron chi connectivity index (χ4n) is 4.62. The van der Waals surface area contributed by atoms with Gasteiger partial charge in [0.1, 0.15) is 5.75 Å². The molecule has 1 aliphatic heterocycles. The number of fused-ring (bicyclic) bond motifs is 1. The standard InChI is InChI=1S/C23H29NO2/c1-3-20-21-11-9-17(14-16(21)10-12-22(20)26-2)23(25)18-6-5-13-24(15-18)19-7-4-8-19/h9-12,14,18-19H,3-8,13,15H2,1-2H3/t18-/m0/s1. The third-order valence-corrected chi connectivity index (χ3v) is 6.36. The minimum atomic E-state index is 0.158. The molecule has 4 rings (SSSR count). The quantitative estimate of drug-likeness (QED) is 0.721. The van der Waals surface area contributed by atoms with E-state index in [4.69, 9.17) is 4.74 Å². The summed E-state index contributed by atoms with van der Waals surface area (Å²) >= 11 is 0. The molecule has 0 radical (unpaired) electrons. The van der Waals surface area contributed by atoms with E-state index >= 15 is 0 Å². The predicted octanol–water partition coefficient (Wildman–Crippen LogP) is 4.86. The van der Waals surface area contributed by atoms with Gasteiger partial charge in [0.15, 0.2) is 5.78 Å². The number of likely N-dealkylation sites (tertiary alicyclic amines) is 1. The van der Waals surface area contributed by atoms with Crippen molar-refractivity contribution in [1.82, 2.24) is 4.90 Å². The molecular formula is C23H29NO2. The van der Waals surface area contributed by atoms with Gasteiger partial charge in [-0.15, -0.1) is 0 Å². The molecule has 1 atom stereocenters. The van der Waals surface area contributed by atoms with Gasteiger partial charge in [-0.1, -0.05) is 31.5 Å². The van der Waals surface area contributed by atoms with Crippen LogP contribution in [0, 0.1) is 5.92 Å². The van der Waals surface area contributed by atoms with Crippen LogP contribution < -0.4 is 4.74 Å². The Morgan fingerprint density at radius 2 is 2.00 bits per heavy atom. The van der Waals surface area contributed by atoms with E-state index in [9.17, 15) is 4.79 Å². The molecule has 2 aliphatic rings. The number of carbonyl (C=O) groups excluding carboxylic acids is 1. The highest BCUT2D eigenvalue weighted by molar-refractivity contribution is 6.02. The number of piperidine rings is 1. The number of hydrogen-bond donors (Lipinski definition) is 0. The van der Waals surface area contributed by atoms with E-state index in [1.165, 1.54) is 36.8 Å². The van der Waals surface area contributed by atoms with Crippen LogP contribution in [0.25, 0.3) is 10.8 Å². The molecule has 26 heavy (non-hydrogen) atoms. The van der Waals surface area contributed by atoms with Gasteiger partial charge >= 0.3 is 0 Å². The first-order valence-corrected chi connectivity index (χ1v) is 10.1. The van der Waals surface area contributed by atoms with Crippen LogP contribution in [0.4, 0.5) is 0 Å². The smallest absolute Gasteiger partial charge is 0.167 e. The van der Waals surface area contributed by atoms with E-state index in [1.54, 1.807) is 7.11 Å². The van der Waals surface area contributed by atoms with Crippen molar-refractivity contribution in [3.05, 3.63) is 41.5 Å². The third-order valence-electron chi connectivity index (χ3n) is 6.36. The molecule has 3 nitrogen and oxygen atoms in total. The normalized spacial score (nSPS) is 21.5. The number of benzene rings is 2. The van der Waals surface area contributed by atoms with Crippen molar-refractivity contribution >= 4 is 16.6 Å². The molecule has 138 valence electrons. The van der Waals surface area contributed by atoms with Gasteiger partial charge in [0.05, 0.1) is 7.11 Å². The van der Waals surface area contributed by atoms with Crippen molar-refractivity contribution in [3.8, 4) is 5.75 Å². The van der Waals surface area contributed by atoms with Crippen LogP contribution in [0.2, 0.25) is 0 Å². The minimum absolute atomic E-state index is 0.158. The van der Waals surface area contributed by atoms with E-state index in [1.807, 2.05) is 12.1 Å². The third kappa shape index (κ3) is 3.14. The number of carbonyl (C=O) groups is 1. The first-order valence-electron chi connectivity index (χ1n) is 10.1. The summed E-state index contributed by atoms with van der Waals surface area (Å²) < 4.78 is 5.50. The van der Waals surface area contributed by atoms with Gasteiger partial charge in [-0.05, 0) is 61.6 Å². The van der Waals surface area contributed by atoms with Crippen molar-refractivity contribution in [3.63, 3.8) is 0 Å². The lowest BCUT2D eigenvalue weighted by Crippen LogP contribution is -2.47. The molecule has 1 aliphatic carbocycles. The number of ether oxygens (including phenoxy) is 1. The second kappa shape index (κ2) is 7.40. The van der Waals surface area contributed by atoms with Crippen LogP contribution >= 0.6 is 0 Å². The number of Topliss-reactive ketones (excluding diaryl/α,β-unsaturated/α-hetero) is 1. The summed E-state index contributed by atoms with van der Waals surface area (Å²) in [6.07, 6.45) is 7.10. The predicted molar refractivity (Wildman–Crippen MR) is 106 cm³/mol. The fourth-order valence-corrected chi connectivity index (χ4v) is 4.62. The summed E-state index contributed by atoms with van der Waals surface area (Å²) in [7, 11) is 1.72. The van der Waals surface area contributed by atoms with Crippen molar-refractivity contribution in [2.24, 2.45) is 5.92 Å². The van der Waals surface area contributed by atoms with Crippen molar-refractivity contribution in [1.29, 1.82) is 0 Å². The van der Waals surface area contributed by atoms with Gasteiger partial charge in [0.25, 0.3) is 0 Å². The number of nitrogens with zero attached hydrogens (tertiary/aromatic N) is 1. The molecule has 0 N–H and O–H groups in total. The summed E-state index contributed by atoms with van der Waals surface area (Å²) in [5.41, 5.74) is 2.09. The number of aryl methyl sites for hydroxylation is 1. The maximum Gasteiger partial charge on any atom is 0.167 e. The number of rotatable bonds is 5. The van der Waals surface area contributed by atoms with Crippen LogP contribution in [-0.2, 0) is 6.42 Å². The second-order valence-corrected chi connectivity index (χ2v) is 7.82. The highest BCUT2D eigenvalue weighted by Crippen LogP contribution is 2.32. The van der Waals surface area contributed by atoms with E-state index in [2.05, 4.69) is 30.0 Å². The zero-order chi connectivity index (χ0) is 18.1. The van der Waals surface area contributed by atoms with Crippen molar-refractivity contribution < 1.29 is 9.53 Å². The van der Waals surface area contributed by atoms with E-state index < -0.39 is 0 Å². The summed E-state index contributed by atoms with van der Waals surface area (Å²) in [5.74, 6) is 1.41. The molecule has 0 bridgehead atoms. The lowest BCUT2D eigenvalue weighted by molar-refractivity contribution is 0.0612. The lowest BCUT2D eigenvalue weighted by Gasteiger charge is -2.42. The van der Waals surface area contributed by atoms with E-state index in [0.29, 0.717) is 5.78 Å². The Balaban J connectivity index is 1.58. The van der Waals surface area contributed by atoms with Crippen LogP contribution in [-0.4, -0.2) is 36.9 Å². The van der Waals surface area contributed by atoms with Crippen LogP contribution in [0.5, 0.6) is 5.75 Å². The maximum absolute atomic E-state index is 13.1. The molecule has 0 unspecified atom stereocenters. The molecule has 2 aromatic rings. The van der Waals surface area contributed by atoms with Gasteiger partial charge in [-0.2, -0.15) is 0 Å². The Bertz CT molecular complexity index is 809. The van der Waals surface area contributed by atoms with Gasteiger partial charge < -0.3 is 4.74 Å². The topological polar surface area (TPSA) is 29.5 Å². The zero-order valence-corrected chi connectivity index (χ0v) is 16.0. The average molecular weight is 351 g/mol. The number of methoxy groups -OCH3 is 1. The molecule has 1 saturated heterocycles. The lowest BCUT2D eigenvalue weighted by atomic mass is 9.85. The fraction of sp³-hybridized carbons (Fsp3) is 0.522. The molecule has 2 fully saturated rings. The summed E-state index contributed by atoms with van der Waals surface area (Å²) in [5, 5.41) is 2.34. The molecule has 0 spiro atoms. The second-order valence-electron chi connectivity index (χ2n) is 7.82. The highest BCUT2D eigenvalue weighted by atomic mass is 16.5. The van der Waals surface area contributed by atoms with Gasteiger partial charge in [-0.25, -0.2) is 0 Å². The highest BCUT2D eigenvalue weighted by Gasteiger charge is 2.32. The minimum Gasteiger partial charge on any atom is -0.496 e. The largest absolute Gasteiger partial charge is 0.496 e. The number of ketones is 1. The first kappa shape index (κ1) is 17.5. The molecule has 2 aromatic carbocycles. The number of hydrogen-bond acceptors (Lipinski definition) is 3. The van der Waals surface area contributed by atoms with Crippen LogP contribution in [0.3, 0.4) is 0 Å². The molecule has 1 saturated carbocycles. The Morgan fingerprint density at radius 1 is 1.15 bits per heavy atom. The zero-order valence-electron chi connectivity index (χ0n) is 16.0. The monoisotopic (exact) mass is 351 g/mol. The first-order chi connectivity index (χ1) is 12.7. The molecule has 0 aromatic heterocycles. The molecular weight excluding hydrogens is 322 g/mol. The van der Waals surface area contributed by atoms with E-state index in [0.717, 1.165) is 48.5 Å². The van der Waals surface area contributed by atoms with Gasteiger partial charge in [0.2, 0.25) is 0 Å². The molecule has 0 amide bonds. The van der Waals surface area contributed by atoms with Crippen LogP contribution in [0.15, 0.2) is 30.3 Å². The molecule has 1 heterocycles. The summed E-state index contributed by atoms with van der Waals surface area (Å²) in [6.45, 7) is 4.27. The Morgan fingerprint density at radius 3 is 2.69 bits per heavy atom. The Kier molecular flexibility index (Phi) is 4.99. The maximum atomic E-state index is 13.1.